The maximum Gasteiger partial charge on any atom is 0.311 e. The van der Waals surface area contributed by atoms with Gasteiger partial charge in [-0.15, -0.1) is 0 Å². The minimum Gasteiger partial charge on any atom is -0.452 e. The quantitative estimate of drug-likeness (QED) is 0.646. The lowest BCUT2D eigenvalue weighted by atomic mass is 10.1. The number of nitrogens with one attached hydrogen (secondary N) is 1. The number of aryl methyl sites for hydroxylation is 1. The van der Waals surface area contributed by atoms with E-state index >= 15 is 0 Å². The minimum atomic E-state index is -3.69. The number of anilines is 1. The van der Waals surface area contributed by atoms with Gasteiger partial charge >= 0.3 is 5.97 Å². The Labute approximate surface area is 179 Å². The molecular formula is C20H22ClFN2O5S. The Morgan fingerprint density at radius 3 is 2.50 bits per heavy atom. The van der Waals surface area contributed by atoms with Crippen LogP contribution in [0.15, 0.2) is 41.3 Å². The molecule has 0 fully saturated rings. The predicted octanol–water partition coefficient (Wildman–Crippen LogP) is 3.15. The summed E-state index contributed by atoms with van der Waals surface area (Å²) in [5.74, 6) is -2.14. The second kappa shape index (κ2) is 9.55. The highest BCUT2D eigenvalue weighted by atomic mass is 35.5. The highest BCUT2D eigenvalue weighted by Crippen LogP contribution is 2.23. The van der Waals surface area contributed by atoms with E-state index in [0.29, 0.717) is 5.56 Å². The van der Waals surface area contributed by atoms with Crippen molar-refractivity contribution in [2.45, 2.75) is 31.3 Å². The van der Waals surface area contributed by atoms with Gasteiger partial charge in [0, 0.05) is 30.4 Å². The average Bonchev–Trinajstić information content (AvgIpc) is 2.66. The first-order chi connectivity index (χ1) is 13.9. The predicted molar refractivity (Wildman–Crippen MR) is 111 cm³/mol. The van der Waals surface area contributed by atoms with Crippen LogP contribution in [-0.2, 0) is 30.8 Å². The first-order valence-electron chi connectivity index (χ1n) is 8.90. The molecule has 0 bridgehead atoms. The summed E-state index contributed by atoms with van der Waals surface area (Å²) < 4.78 is 44.5. The lowest BCUT2D eigenvalue weighted by Crippen LogP contribution is -2.31. The number of hydrogen-bond donors (Lipinski definition) is 1. The monoisotopic (exact) mass is 456 g/mol. The Morgan fingerprint density at radius 1 is 1.23 bits per heavy atom. The molecule has 1 unspecified atom stereocenters. The van der Waals surface area contributed by atoms with Crippen LogP contribution in [0.2, 0.25) is 5.02 Å². The van der Waals surface area contributed by atoms with Crippen LogP contribution in [0.5, 0.6) is 0 Å². The number of ether oxygens (including phenoxy) is 1. The van der Waals surface area contributed by atoms with Crippen LogP contribution in [0.25, 0.3) is 0 Å². The molecule has 2 aromatic rings. The fourth-order valence-electron chi connectivity index (χ4n) is 2.48. The molecule has 0 saturated heterocycles. The van der Waals surface area contributed by atoms with Gasteiger partial charge in [-0.1, -0.05) is 23.7 Å². The summed E-state index contributed by atoms with van der Waals surface area (Å²) in [4.78, 5) is 24.5. The molecule has 0 aromatic heterocycles. The van der Waals surface area contributed by atoms with Gasteiger partial charge in [-0.2, -0.15) is 0 Å². The summed E-state index contributed by atoms with van der Waals surface area (Å²) in [6.45, 7) is 3.05. The van der Waals surface area contributed by atoms with Crippen molar-refractivity contribution in [3.8, 4) is 0 Å². The average molecular weight is 457 g/mol. The molecular weight excluding hydrogens is 435 g/mol. The van der Waals surface area contributed by atoms with Crippen LogP contribution in [-0.4, -0.2) is 44.8 Å². The molecule has 1 amide bonds. The Hall–Kier alpha value is -2.49. The highest BCUT2D eigenvalue weighted by molar-refractivity contribution is 7.89. The second-order valence-electron chi connectivity index (χ2n) is 6.76. The Balaban J connectivity index is 2.10. The normalized spacial score (nSPS) is 12.5. The van der Waals surface area contributed by atoms with Gasteiger partial charge in [0.2, 0.25) is 10.0 Å². The summed E-state index contributed by atoms with van der Waals surface area (Å²) in [6, 6.07) is 8.35. The van der Waals surface area contributed by atoms with Gasteiger partial charge in [-0.25, -0.2) is 17.1 Å². The molecule has 2 aromatic carbocycles. The van der Waals surface area contributed by atoms with Crippen LogP contribution < -0.4 is 5.32 Å². The van der Waals surface area contributed by atoms with Crippen molar-refractivity contribution in [2.24, 2.45) is 0 Å². The summed E-state index contributed by atoms with van der Waals surface area (Å²) in [5, 5.41) is 2.64. The van der Waals surface area contributed by atoms with E-state index in [4.69, 9.17) is 16.3 Å². The highest BCUT2D eigenvalue weighted by Gasteiger charge is 2.22. The van der Waals surface area contributed by atoms with E-state index < -0.39 is 40.2 Å². The van der Waals surface area contributed by atoms with Gasteiger partial charge in [-0.3, -0.25) is 9.59 Å². The van der Waals surface area contributed by atoms with E-state index in [1.54, 1.807) is 13.0 Å². The number of amides is 1. The van der Waals surface area contributed by atoms with Crippen molar-refractivity contribution in [3.05, 3.63) is 58.4 Å². The zero-order chi connectivity index (χ0) is 22.6. The van der Waals surface area contributed by atoms with Crippen molar-refractivity contribution in [1.29, 1.82) is 0 Å². The fourth-order valence-corrected chi connectivity index (χ4v) is 3.64. The molecule has 30 heavy (non-hydrogen) atoms. The van der Waals surface area contributed by atoms with Crippen molar-refractivity contribution < 1.29 is 27.1 Å². The fraction of sp³-hybridized carbons (Fsp3) is 0.300. The molecule has 0 radical (unpaired) electrons. The maximum atomic E-state index is 13.8. The molecule has 0 aliphatic carbocycles. The molecule has 1 atom stereocenters. The van der Waals surface area contributed by atoms with Gasteiger partial charge in [0.1, 0.15) is 5.82 Å². The van der Waals surface area contributed by atoms with E-state index in [1.807, 2.05) is 0 Å². The van der Waals surface area contributed by atoms with Crippen molar-refractivity contribution >= 4 is 39.2 Å². The number of esters is 1. The van der Waals surface area contributed by atoms with Gasteiger partial charge in [0.15, 0.2) is 6.10 Å². The molecule has 162 valence electrons. The minimum absolute atomic E-state index is 0.00671. The maximum absolute atomic E-state index is 13.8. The standard InChI is InChI=1S/C20H22ClFN2O5S/c1-12-8-9-14(30(27,28)24(3)4)10-18(12)23-20(26)13(2)29-19(25)11-15-16(21)6-5-7-17(15)22/h5-10,13H,11H2,1-4H3,(H,23,26). The molecule has 10 heteroatoms. The Morgan fingerprint density at radius 2 is 1.90 bits per heavy atom. The summed E-state index contributed by atoms with van der Waals surface area (Å²) in [7, 11) is -0.886. The van der Waals surface area contributed by atoms with E-state index in [-0.39, 0.29) is 21.2 Å². The van der Waals surface area contributed by atoms with Crippen LogP contribution >= 0.6 is 11.6 Å². The Kier molecular flexibility index (Phi) is 7.57. The van der Waals surface area contributed by atoms with Crippen molar-refractivity contribution in [1.82, 2.24) is 4.31 Å². The Bertz CT molecular complexity index is 1050. The van der Waals surface area contributed by atoms with E-state index in [9.17, 15) is 22.4 Å². The van der Waals surface area contributed by atoms with E-state index in [1.165, 1.54) is 51.4 Å². The third kappa shape index (κ3) is 5.56. The largest absolute Gasteiger partial charge is 0.452 e. The number of benzene rings is 2. The molecule has 0 aliphatic rings. The second-order valence-corrected chi connectivity index (χ2v) is 9.32. The van der Waals surface area contributed by atoms with E-state index in [2.05, 4.69) is 5.32 Å². The summed E-state index contributed by atoms with van der Waals surface area (Å²) >= 11 is 5.89. The van der Waals surface area contributed by atoms with Gasteiger partial charge in [0.05, 0.1) is 11.3 Å². The molecule has 0 saturated carbocycles. The number of hydrogen-bond acceptors (Lipinski definition) is 5. The van der Waals surface area contributed by atoms with Crippen molar-refractivity contribution in [3.63, 3.8) is 0 Å². The third-order valence-electron chi connectivity index (χ3n) is 4.31. The molecule has 0 aliphatic heterocycles. The van der Waals surface area contributed by atoms with Crippen LogP contribution in [0.4, 0.5) is 10.1 Å². The number of rotatable bonds is 7. The zero-order valence-electron chi connectivity index (χ0n) is 16.9. The van der Waals surface area contributed by atoms with Crippen LogP contribution in [0.1, 0.15) is 18.1 Å². The number of nitrogens with zero attached hydrogens (tertiary/aromatic N) is 1. The first kappa shape index (κ1) is 23.8. The molecule has 1 N–H and O–H groups in total. The zero-order valence-corrected chi connectivity index (χ0v) is 18.5. The first-order valence-corrected chi connectivity index (χ1v) is 10.7. The number of carbonyl (C=O) groups is 2. The molecule has 0 spiro atoms. The lowest BCUT2D eigenvalue weighted by Gasteiger charge is -2.17. The van der Waals surface area contributed by atoms with Gasteiger partial charge in [-0.05, 0) is 43.7 Å². The lowest BCUT2D eigenvalue weighted by molar-refractivity contribution is -0.152. The van der Waals surface area contributed by atoms with Crippen LogP contribution in [0.3, 0.4) is 0 Å². The number of sulfonamides is 1. The molecule has 0 heterocycles. The van der Waals surface area contributed by atoms with Gasteiger partial charge in [0.25, 0.3) is 5.91 Å². The van der Waals surface area contributed by atoms with Crippen LogP contribution in [0, 0.1) is 12.7 Å². The molecule has 7 nitrogen and oxygen atoms in total. The van der Waals surface area contributed by atoms with E-state index in [0.717, 1.165) is 4.31 Å². The smallest absolute Gasteiger partial charge is 0.311 e. The van der Waals surface area contributed by atoms with Gasteiger partial charge < -0.3 is 10.1 Å². The van der Waals surface area contributed by atoms with Crippen molar-refractivity contribution in [2.75, 3.05) is 19.4 Å². The summed E-state index contributed by atoms with van der Waals surface area (Å²) in [6.07, 6.45) is -1.63. The number of carbonyl (C=O) groups excluding carboxylic acids is 2. The summed E-state index contributed by atoms with van der Waals surface area (Å²) in [5.41, 5.74) is 0.870. The third-order valence-corrected chi connectivity index (χ3v) is 6.47. The number of halogens is 2. The SMILES string of the molecule is Cc1ccc(S(=O)(=O)N(C)C)cc1NC(=O)C(C)OC(=O)Cc1c(F)cccc1Cl. The molecule has 2 rings (SSSR count). The topological polar surface area (TPSA) is 92.8 Å².